The number of carbonyl (C=O) groups is 2. The standard InChI is InChI=1S/C24H19ClN4O4/c25-17-5-1-2-7-21(17)29-22(30)13-20(28-29)24(33)27-19(14-23(31)32)16-10-8-15(9-11-16)18-6-3-4-12-26-18/h1-13,19,30H,14H2,(H,27,33)(H,31,32). The lowest BCUT2D eigenvalue weighted by Gasteiger charge is -2.17. The minimum atomic E-state index is -1.07. The molecule has 0 fully saturated rings. The highest BCUT2D eigenvalue weighted by Gasteiger charge is 2.22. The van der Waals surface area contributed by atoms with E-state index < -0.39 is 17.9 Å². The van der Waals surface area contributed by atoms with E-state index in [1.54, 1.807) is 42.6 Å². The summed E-state index contributed by atoms with van der Waals surface area (Å²) in [5.74, 6) is -1.97. The first kappa shape index (κ1) is 22.0. The van der Waals surface area contributed by atoms with Gasteiger partial charge in [0, 0.05) is 17.8 Å². The summed E-state index contributed by atoms with van der Waals surface area (Å²) in [5.41, 5.74) is 2.59. The zero-order chi connectivity index (χ0) is 23.4. The van der Waals surface area contributed by atoms with Crippen molar-refractivity contribution in [2.45, 2.75) is 12.5 Å². The second kappa shape index (κ2) is 9.54. The number of aromatic hydroxyl groups is 1. The minimum Gasteiger partial charge on any atom is -0.493 e. The van der Waals surface area contributed by atoms with Crippen molar-refractivity contribution in [2.24, 2.45) is 0 Å². The fourth-order valence-electron chi connectivity index (χ4n) is 3.36. The van der Waals surface area contributed by atoms with Crippen LogP contribution in [0.3, 0.4) is 0 Å². The Hall–Kier alpha value is -4.17. The molecule has 0 aliphatic heterocycles. The molecule has 4 aromatic rings. The number of benzene rings is 2. The summed E-state index contributed by atoms with van der Waals surface area (Å²) < 4.78 is 1.14. The number of nitrogens with one attached hydrogen (secondary N) is 1. The van der Waals surface area contributed by atoms with Gasteiger partial charge in [0.15, 0.2) is 5.69 Å². The lowest BCUT2D eigenvalue weighted by atomic mass is 10.0. The Morgan fingerprint density at radius 2 is 1.76 bits per heavy atom. The molecule has 33 heavy (non-hydrogen) atoms. The number of aromatic nitrogens is 3. The van der Waals surface area contributed by atoms with E-state index in [1.807, 2.05) is 30.3 Å². The minimum absolute atomic E-state index is 0.0760. The Bertz CT molecular complexity index is 1290. The molecule has 1 atom stereocenters. The highest BCUT2D eigenvalue weighted by atomic mass is 35.5. The van der Waals surface area contributed by atoms with Crippen LogP contribution in [0.1, 0.15) is 28.5 Å². The number of halogens is 1. The average Bonchev–Trinajstić information content (AvgIpc) is 3.21. The van der Waals surface area contributed by atoms with Crippen molar-refractivity contribution in [3.05, 3.63) is 95.3 Å². The number of hydrogen-bond donors (Lipinski definition) is 3. The summed E-state index contributed by atoms with van der Waals surface area (Å²) in [6.45, 7) is 0. The lowest BCUT2D eigenvalue weighted by molar-refractivity contribution is -0.137. The van der Waals surface area contributed by atoms with E-state index in [2.05, 4.69) is 15.4 Å². The van der Waals surface area contributed by atoms with E-state index in [0.717, 1.165) is 15.9 Å². The van der Waals surface area contributed by atoms with Gasteiger partial charge in [-0.3, -0.25) is 14.6 Å². The highest BCUT2D eigenvalue weighted by molar-refractivity contribution is 6.32. The number of nitrogens with zero attached hydrogens (tertiary/aromatic N) is 3. The predicted molar refractivity (Wildman–Crippen MR) is 122 cm³/mol. The van der Waals surface area contributed by atoms with Crippen molar-refractivity contribution in [3.8, 4) is 22.8 Å². The summed E-state index contributed by atoms with van der Waals surface area (Å²) in [6, 6.07) is 19.8. The van der Waals surface area contributed by atoms with Gasteiger partial charge in [-0.15, -0.1) is 0 Å². The molecule has 0 radical (unpaired) electrons. The molecule has 1 unspecified atom stereocenters. The smallest absolute Gasteiger partial charge is 0.305 e. The summed E-state index contributed by atoms with van der Waals surface area (Å²) in [4.78, 5) is 28.6. The zero-order valence-electron chi connectivity index (χ0n) is 17.2. The van der Waals surface area contributed by atoms with Gasteiger partial charge >= 0.3 is 5.97 Å². The molecule has 0 aliphatic carbocycles. The third kappa shape index (κ3) is 5.02. The van der Waals surface area contributed by atoms with Gasteiger partial charge in [-0.1, -0.05) is 54.1 Å². The van der Waals surface area contributed by atoms with Crippen molar-refractivity contribution in [2.75, 3.05) is 0 Å². The maximum atomic E-state index is 12.8. The molecular weight excluding hydrogens is 444 g/mol. The Morgan fingerprint density at radius 1 is 1.03 bits per heavy atom. The van der Waals surface area contributed by atoms with Crippen molar-refractivity contribution >= 4 is 23.5 Å². The SMILES string of the molecule is O=C(O)CC(NC(=O)c1cc(O)n(-c2ccccc2Cl)n1)c1ccc(-c2ccccn2)cc1. The van der Waals surface area contributed by atoms with Crippen molar-refractivity contribution in [1.29, 1.82) is 0 Å². The van der Waals surface area contributed by atoms with E-state index in [-0.39, 0.29) is 18.0 Å². The molecule has 2 aromatic heterocycles. The third-order valence-corrected chi connectivity index (χ3v) is 5.28. The monoisotopic (exact) mass is 462 g/mol. The van der Waals surface area contributed by atoms with E-state index in [1.165, 1.54) is 6.07 Å². The molecule has 8 nitrogen and oxygen atoms in total. The number of rotatable bonds is 7. The summed E-state index contributed by atoms with van der Waals surface area (Å²) in [7, 11) is 0. The lowest BCUT2D eigenvalue weighted by Crippen LogP contribution is -2.30. The van der Waals surface area contributed by atoms with Crippen LogP contribution in [-0.4, -0.2) is 36.9 Å². The molecular formula is C24H19ClN4O4. The number of carbonyl (C=O) groups excluding carboxylic acids is 1. The molecule has 0 spiro atoms. The van der Waals surface area contributed by atoms with E-state index >= 15 is 0 Å². The zero-order valence-corrected chi connectivity index (χ0v) is 18.0. The van der Waals surface area contributed by atoms with Gasteiger partial charge < -0.3 is 15.5 Å². The van der Waals surface area contributed by atoms with Crippen molar-refractivity contribution in [3.63, 3.8) is 0 Å². The van der Waals surface area contributed by atoms with Crippen LogP contribution in [0, 0.1) is 0 Å². The van der Waals surface area contributed by atoms with Gasteiger partial charge in [-0.25, -0.2) is 0 Å². The van der Waals surface area contributed by atoms with Gasteiger partial charge in [0.25, 0.3) is 5.91 Å². The van der Waals surface area contributed by atoms with Crippen LogP contribution in [0.15, 0.2) is 79.0 Å². The van der Waals surface area contributed by atoms with Gasteiger partial charge in [-0.05, 0) is 29.8 Å². The molecule has 2 heterocycles. The number of aliphatic carboxylic acids is 1. The number of carboxylic acids is 1. The molecule has 9 heteroatoms. The molecule has 0 bridgehead atoms. The van der Waals surface area contributed by atoms with Gasteiger partial charge in [-0.2, -0.15) is 9.78 Å². The Labute approximate surface area is 194 Å². The number of carboxylic acid groups (broad SMARTS) is 1. The first-order valence-electron chi connectivity index (χ1n) is 10.0. The largest absolute Gasteiger partial charge is 0.493 e. The molecule has 0 aliphatic rings. The number of pyridine rings is 1. The van der Waals surface area contributed by atoms with Gasteiger partial charge in [0.1, 0.15) is 0 Å². The third-order valence-electron chi connectivity index (χ3n) is 4.96. The molecule has 166 valence electrons. The fraction of sp³-hybridized carbons (Fsp3) is 0.0833. The normalized spacial score (nSPS) is 11.7. The Kier molecular flexibility index (Phi) is 6.37. The number of amides is 1. The maximum Gasteiger partial charge on any atom is 0.305 e. The quantitative estimate of drug-likeness (QED) is 0.378. The van der Waals surface area contributed by atoms with Crippen LogP contribution in [0.4, 0.5) is 0 Å². The second-order valence-electron chi connectivity index (χ2n) is 7.21. The van der Waals surface area contributed by atoms with Crippen LogP contribution < -0.4 is 5.32 Å². The number of para-hydroxylation sites is 1. The van der Waals surface area contributed by atoms with Crippen molar-refractivity contribution in [1.82, 2.24) is 20.1 Å². The Morgan fingerprint density at radius 3 is 2.42 bits per heavy atom. The van der Waals surface area contributed by atoms with E-state index in [4.69, 9.17) is 11.6 Å². The predicted octanol–water partition coefficient (Wildman–Crippen LogP) is 4.24. The molecule has 2 aromatic carbocycles. The second-order valence-corrected chi connectivity index (χ2v) is 7.62. The topological polar surface area (TPSA) is 117 Å². The molecule has 0 saturated carbocycles. The van der Waals surface area contributed by atoms with Crippen LogP contribution in [0.25, 0.3) is 16.9 Å². The molecule has 1 amide bonds. The van der Waals surface area contributed by atoms with Crippen LogP contribution in [0.2, 0.25) is 5.02 Å². The first-order chi connectivity index (χ1) is 15.9. The number of hydrogen-bond acceptors (Lipinski definition) is 5. The van der Waals surface area contributed by atoms with Crippen LogP contribution in [-0.2, 0) is 4.79 Å². The molecule has 3 N–H and O–H groups in total. The van der Waals surface area contributed by atoms with Gasteiger partial charge in [0.2, 0.25) is 5.88 Å². The van der Waals surface area contributed by atoms with Crippen molar-refractivity contribution < 1.29 is 19.8 Å². The Balaban J connectivity index is 1.57. The van der Waals surface area contributed by atoms with Gasteiger partial charge in [0.05, 0.1) is 28.9 Å². The van der Waals surface area contributed by atoms with Crippen LogP contribution in [0.5, 0.6) is 5.88 Å². The maximum absolute atomic E-state index is 12.8. The first-order valence-corrected chi connectivity index (χ1v) is 10.4. The van der Waals surface area contributed by atoms with Crippen LogP contribution >= 0.6 is 11.6 Å². The highest BCUT2D eigenvalue weighted by Crippen LogP contribution is 2.26. The van der Waals surface area contributed by atoms with E-state index in [9.17, 15) is 19.8 Å². The molecule has 4 rings (SSSR count). The summed E-state index contributed by atoms with van der Waals surface area (Å²) in [6.07, 6.45) is 1.36. The molecule has 0 saturated heterocycles. The summed E-state index contributed by atoms with van der Waals surface area (Å²) >= 11 is 6.16. The summed E-state index contributed by atoms with van der Waals surface area (Å²) in [5, 5.41) is 26.8. The fourth-order valence-corrected chi connectivity index (χ4v) is 3.58. The average molecular weight is 463 g/mol. The van der Waals surface area contributed by atoms with E-state index in [0.29, 0.717) is 16.3 Å².